The zero-order valence-electron chi connectivity index (χ0n) is 20.5. The fourth-order valence-electron chi connectivity index (χ4n) is 3.24. The molecule has 0 saturated heterocycles. The number of aromatic nitrogens is 5. The smallest absolute Gasteiger partial charge is 0.255 e. The van der Waals surface area contributed by atoms with Gasteiger partial charge in [0.2, 0.25) is 0 Å². The van der Waals surface area contributed by atoms with Crippen LogP contribution in [-0.4, -0.2) is 59.2 Å². The van der Waals surface area contributed by atoms with E-state index < -0.39 is 29.8 Å². The Labute approximate surface area is 215 Å². The number of thiazole rings is 1. The van der Waals surface area contributed by atoms with Crippen molar-refractivity contribution in [2.45, 2.75) is 45.1 Å². The molecule has 0 saturated carbocycles. The molecule has 0 bridgehead atoms. The topological polar surface area (TPSA) is 162 Å². The Balaban J connectivity index is 1.71. The van der Waals surface area contributed by atoms with Gasteiger partial charge in [-0.25, -0.2) is 19.3 Å². The van der Waals surface area contributed by atoms with Crippen molar-refractivity contribution in [3.05, 3.63) is 52.8 Å². The van der Waals surface area contributed by atoms with Gasteiger partial charge in [-0.15, -0.1) is 0 Å². The molecule has 0 aliphatic heterocycles. The van der Waals surface area contributed by atoms with Crippen molar-refractivity contribution in [3.8, 4) is 11.9 Å². The first kappa shape index (κ1) is 26.1. The molecule has 1 amide bonds. The number of pyridine rings is 2. The van der Waals surface area contributed by atoms with E-state index in [1.165, 1.54) is 48.3 Å². The molecule has 37 heavy (non-hydrogen) atoms. The minimum absolute atomic E-state index is 0.0999. The van der Waals surface area contributed by atoms with Crippen LogP contribution in [0.5, 0.6) is 0 Å². The molecule has 4 rings (SSSR count). The van der Waals surface area contributed by atoms with E-state index in [-0.39, 0.29) is 11.4 Å². The third kappa shape index (κ3) is 5.72. The molecule has 1 unspecified atom stereocenters. The molecule has 4 heterocycles. The number of halogens is 1. The lowest BCUT2D eigenvalue weighted by molar-refractivity contribution is -0.00177. The number of carbonyl (C=O) groups is 1. The van der Waals surface area contributed by atoms with Gasteiger partial charge in [0.25, 0.3) is 5.91 Å². The first-order valence-corrected chi connectivity index (χ1v) is 12.0. The number of anilines is 2. The monoisotopic (exact) mass is 524 g/mol. The van der Waals surface area contributed by atoms with Crippen LogP contribution in [-0.2, 0) is 5.60 Å². The molecule has 0 fully saturated rings. The quantitative estimate of drug-likeness (QED) is 0.271. The van der Waals surface area contributed by atoms with E-state index in [1.54, 1.807) is 32.2 Å². The number of fused-ring (bicyclic) bond motifs is 1. The lowest BCUT2D eigenvalue weighted by Gasteiger charge is -2.22. The number of aliphatic hydroxyl groups is 2. The predicted molar refractivity (Wildman–Crippen MR) is 136 cm³/mol. The summed E-state index contributed by atoms with van der Waals surface area (Å²) in [5.74, 6) is -0.178. The highest BCUT2D eigenvalue weighted by molar-refractivity contribution is 7.15. The number of nitriles is 1. The average Bonchev–Trinajstić information content (AvgIpc) is 3.48. The third-order valence-electron chi connectivity index (χ3n) is 5.42. The van der Waals surface area contributed by atoms with Gasteiger partial charge in [-0.2, -0.15) is 15.0 Å². The summed E-state index contributed by atoms with van der Waals surface area (Å²) in [5.41, 5.74) is -1.79. The fraction of sp³-hybridized carbons (Fsp3) is 0.333. The standard InChI is InChI=1S/C24H25FN8O3S/c1-23(2,35)16(25)11-28-21(34)15-5-6-18(33-20-14(10-30-33)7-13(8-26)9-27-20)31-19(15)32-22-29-12-17(37-22)24(3,4)36/h5-7,9-10,12,16,35-36H,11H2,1-4H3,(H,28,34)(H,29,31,32). The number of nitrogens with one attached hydrogen (secondary N) is 2. The maximum Gasteiger partial charge on any atom is 0.255 e. The minimum Gasteiger partial charge on any atom is -0.387 e. The summed E-state index contributed by atoms with van der Waals surface area (Å²) in [7, 11) is 0. The van der Waals surface area contributed by atoms with Crippen molar-refractivity contribution in [1.82, 2.24) is 30.0 Å². The van der Waals surface area contributed by atoms with Crippen LogP contribution >= 0.6 is 11.3 Å². The number of amides is 1. The van der Waals surface area contributed by atoms with Crippen LogP contribution in [0.25, 0.3) is 16.9 Å². The largest absolute Gasteiger partial charge is 0.387 e. The molecule has 1 atom stereocenters. The summed E-state index contributed by atoms with van der Waals surface area (Å²) in [6.45, 7) is 5.49. The SMILES string of the molecule is CC(C)(O)c1cnc(Nc2nc(-n3ncc4cc(C#N)cnc43)ccc2C(=O)NCC(F)C(C)(C)O)s1. The van der Waals surface area contributed by atoms with Gasteiger partial charge in [0, 0.05) is 17.8 Å². The van der Waals surface area contributed by atoms with E-state index in [0.717, 1.165) is 0 Å². The Morgan fingerprint density at radius 1 is 1.22 bits per heavy atom. The number of carbonyl (C=O) groups excluding carboxylic acids is 1. The highest BCUT2D eigenvalue weighted by Gasteiger charge is 2.28. The van der Waals surface area contributed by atoms with Crippen LogP contribution in [0.3, 0.4) is 0 Å². The summed E-state index contributed by atoms with van der Waals surface area (Å²) < 4.78 is 15.7. The Hall–Kier alpha value is -3.99. The van der Waals surface area contributed by atoms with Crippen molar-refractivity contribution >= 4 is 39.2 Å². The van der Waals surface area contributed by atoms with Gasteiger partial charge in [-0.1, -0.05) is 11.3 Å². The molecule has 0 aliphatic carbocycles. The molecule has 0 spiro atoms. The molecule has 0 aliphatic rings. The van der Waals surface area contributed by atoms with Crippen LogP contribution in [0.4, 0.5) is 15.3 Å². The fourth-order valence-corrected chi connectivity index (χ4v) is 4.06. The van der Waals surface area contributed by atoms with E-state index in [9.17, 15) is 19.4 Å². The van der Waals surface area contributed by atoms with Gasteiger partial charge < -0.3 is 20.8 Å². The van der Waals surface area contributed by atoms with Crippen molar-refractivity contribution < 1.29 is 19.4 Å². The number of hydrogen-bond acceptors (Lipinski definition) is 10. The molecule has 192 valence electrons. The number of alkyl halides is 1. The maximum absolute atomic E-state index is 14.2. The summed E-state index contributed by atoms with van der Waals surface area (Å²) in [6, 6.07) is 6.73. The second-order valence-corrected chi connectivity index (χ2v) is 10.4. The highest BCUT2D eigenvalue weighted by atomic mass is 32.1. The van der Waals surface area contributed by atoms with Crippen LogP contribution in [0.2, 0.25) is 0 Å². The molecule has 4 aromatic rings. The summed E-state index contributed by atoms with van der Waals surface area (Å²) in [6.07, 6.45) is 2.80. The van der Waals surface area contributed by atoms with Crippen LogP contribution in [0, 0.1) is 11.3 Å². The van der Waals surface area contributed by atoms with Gasteiger partial charge in [-0.3, -0.25) is 4.79 Å². The van der Waals surface area contributed by atoms with Gasteiger partial charge in [0.1, 0.15) is 18.1 Å². The van der Waals surface area contributed by atoms with Gasteiger partial charge in [0.05, 0.1) is 39.9 Å². The summed E-state index contributed by atoms with van der Waals surface area (Å²) in [4.78, 5) is 26.7. The zero-order valence-corrected chi connectivity index (χ0v) is 21.3. The second kappa shape index (κ2) is 9.81. The average molecular weight is 525 g/mol. The first-order chi connectivity index (χ1) is 17.4. The molecule has 0 aromatic carbocycles. The second-order valence-electron chi connectivity index (χ2n) is 9.42. The molecule has 13 heteroatoms. The Morgan fingerprint density at radius 3 is 2.62 bits per heavy atom. The Bertz CT molecular complexity index is 1500. The number of rotatable bonds is 8. The minimum atomic E-state index is -1.69. The Morgan fingerprint density at radius 2 is 1.97 bits per heavy atom. The summed E-state index contributed by atoms with van der Waals surface area (Å²) in [5, 5.41) is 40.0. The van der Waals surface area contributed by atoms with E-state index in [4.69, 9.17) is 5.26 Å². The highest BCUT2D eigenvalue weighted by Crippen LogP contribution is 2.31. The number of nitrogens with zero attached hydrogens (tertiary/aromatic N) is 6. The van der Waals surface area contributed by atoms with Crippen molar-refractivity contribution in [1.29, 1.82) is 5.26 Å². The lowest BCUT2D eigenvalue weighted by atomic mass is 10.0. The van der Waals surface area contributed by atoms with E-state index >= 15 is 0 Å². The first-order valence-electron chi connectivity index (χ1n) is 11.2. The van der Waals surface area contributed by atoms with Gasteiger partial charge in [0.15, 0.2) is 16.6 Å². The molecular formula is C24H25FN8O3S. The lowest BCUT2D eigenvalue weighted by Crippen LogP contribution is -2.42. The predicted octanol–water partition coefficient (Wildman–Crippen LogP) is 2.95. The van der Waals surface area contributed by atoms with Gasteiger partial charge in [-0.05, 0) is 45.9 Å². The normalized spacial score (nSPS) is 12.8. The molecule has 4 aromatic heterocycles. The molecular weight excluding hydrogens is 499 g/mol. The molecule has 11 nitrogen and oxygen atoms in total. The zero-order chi connectivity index (χ0) is 27.0. The van der Waals surface area contributed by atoms with Crippen molar-refractivity contribution in [2.75, 3.05) is 11.9 Å². The third-order valence-corrected chi connectivity index (χ3v) is 6.65. The Kier molecular flexibility index (Phi) is 6.92. The van der Waals surface area contributed by atoms with Crippen LogP contribution < -0.4 is 10.6 Å². The van der Waals surface area contributed by atoms with E-state index in [0.29, 0.717) is 32.4 Å². The van der Waals surface area contributed by atoms with E-state index in [1.807, 2.05) is 6.07 Å². The number of hydrogen-bond donors (Lipinski definition) is 4. The van der Waals surface area contributed by atoms with Crippen LogP contribution in [0.1, 0.15) is 48.5 Å². The van der Waals surface area contributed by atoms with Gasteiger partial charge >= 0.3 is 0 Å². The van der Waals surface area contributed by atoms with Crippen LogP contribution in [0.15, 0.2) is 36.8 Å². The molecule has 0 radical (unpaired) electrons. The van der Waals surface area contributed by atoms with Crippen molar-refractivity contribution in [3.63, 3.8) is 0 Å². The van der Waals surface area contributed by atoms with E-state index in [2.05, 4.69) is 30.7 Å². The van der Waals surface area contributed by atoms with Crippen molar-refractivity contribution in [2.24, 2.45) is 0 Å². The summed E-state index contributed by atoms with van der Waals surface area (Å²) >= 11 is 1.18. The maximum atomic E-state index is 14.2. The molecule has 4 N–H and O–H groups in total.